The van der Waals surface area contributed by atoms with Crippen LogP contribution < -0.4 is 5.32 Å². The molecule has 1 nitrogen and oxygen atoms in total. The normalized spacial score (nSPS) is 27.3. The van der Waals surface area contributed by atoms with Crippen molar-refractivity contribution in [1.82, 2.24) is 5.32 Å². The molecule has 1 aliphatic rings. The zero-order valence-corrected chi connectivity index (χ0v) is 8.61. The summed E-state index contributed by atoms with van der Waals surface area (Å²) in [6.45, 7) is 0.617. The van der Waals surface area contributed by atoms with Gasteiger partial charge in [0.1, 0.15) is 0 Å². The summed E-state index contributed by atoms with van der Waals surface area (Å²) in [6.07, 6.45) is 3.57. The van der Waals surface area contributed by atoms with E-state index in [1.165, 1.54) is 0 Å². The molecule has 0 amide bonds. The van der Waals surface area contributed by atoms with Crippen molar-refractivity contribution in [2.75, 3.05) is 6.54 Å². The second-order valence-corrected chi connectivity index (χ2v) is 4.01. The van der Waals surface area contributed by atoms with Crippen LogP contribution in [-0.2, 0) is 0 Å². The summed E-state index contributed by atoms with van der Waals surface area (Å²) >= 11 is 0. The van der Waals surface area contributed by atoms with Crippen molar-refractivity contribution in [3.05, 3.63) is 0 Å². The molecule has 1 N–H and O–H groups in total. The molecule has 15 heavy (non-hydrogen) atoms. The van der Waals surface area contributed by atoms with E-state index in [-0.39, 0.29) is 18.9 Å². The maximum absolute atomic E-state index is 12.4. The van der Waals surface area contributed by atoms with Gasteiger partial charge < -0.3 is 5.32 Å². The number of alkyl halides is 3. The predicted molar refractivity (Wildman–Crippen MR) is 53.3 cm³/mol. The second-order valence-electron chi connectivity index (χ2n) is 4.01. The predicted octanol–water partition coefficient (Wildman–Crippen LogP) is 2.72. The minimum atomic E-state index is -4.04. The minimum absolute atomic E-state index is 0.0151. The Morgan fingerprint density at radius 1 is 1.33 bits per heavy atom. The maximum atomic E-state index is 12.4. The Labute approximate surface area is 88.4 Å². The van der Waals surface area contributed by atoms with Gasteiger partial charge in [-0.25, -0.2) is 0 Å². The minimum Gasteiger partial charge on any atom is -0.313 e. The van der Waals surface area contributed by atoms with Gasteiger partial charge in [0.25, 0.3) is 0 Å². The van der Waals surface area contributed by atoms with Gasteiger partial charge in [0.15, 0.2) is 0 Å². The highest BCUT2D eigenvalue weighted by molar-refractivity contribution is 4.86. The van der Waals surface area contributed by atoms with Crippen molar-refractivity contribution < 1.29 is 13.2 Å². The third-order valence-electron chi connectivity index (χ3n) is 2.84. The molecule has 1 aliphatic carbocycles. The average Bonchev–Trinajstić information content (AvgIpc) is 2.17. The van der Waals surface area contributed by atoms with Crippen molar-refractivity contribution >= 4 is 0 Å². The lowest BCUT2D eigenvalue weighted by Crippen LogP contribution is -2.39. The summed E-state index contributed by atoms with van der Waals surface area (Å²) in [5, 5.41) is 3.08. The number of terminal acetylenes is 1. The van der Waals surface area contributed by atoms with Gasteiger partial charge in [-0.1, -0.05) is 6.42 Å². The standard InChI is InChI=1S/C11H16F3N/c1-2-3-7-15-10-6-4-5-9(8-10)11(12,13)14/h1,9-10,15H,3-8H2. The Hall–Kier alpha value is -0.690. The van der Waals surface area contributed by atoms with E-state index >= 15 is 0 Å². The summed E-state index contributed by atoms with van der Waals surface area (Å²) in [5.74, 6) is 1.33. The third-order valence-corrected chi connectivity index (χ3v) is 2.84. The lowest BCUT2D eigenvalue weighted by atomic mass is 9.85. The molecular formula is C11H16F3N. The topological polar surface area (TPSA) is 12.0 Å². The summed E-state index contributed by atoms with van der Waals surface area (Å²) in [6, 6.07) is -0.0151. The quantitative estimate of drug-likeness (QED) is 0.568. The van der Waals surface area contributed by atoms with Gasteiger partial charge in [-0.05, 0) is 19.3 Å². The van der Waals surface area contributed by atoms with Crippen LogP contribution in [0.25, 0.3) is 0 Å². The van der Waals surface area contributed by atoms with Crippen molar-refractivity contribution in [1.29, 1.82) is 0 Å². The molecule has 0 spiro atoms. The summed E-state index contributed by atoms with van der Waals surface area (Å²) in [4.78, 5) is 0. The maximum Gasteiger partial charge on any atom is 0.391 e. The van der Waals surface area contributed by atoms with Crippen LogP contribution in [0.4, 0.5) is 13.2 Å². The Morgan fingerprint density at radius 3 is 2.67 bits per heavy atom. The fourth-order valence-electron chi connectivity index (χ4n) is 2.02. The van der Waals surface area contributed by atoms with Gasteiger partial charge in [-0.15, -0.1) is 12.3 Å². The smallest absolute Gasteiger partial charge is 0.313 e. The number of hydrogen-bond acceptors (Lipinski definition) is 1. The van der Waals surface area contributed by atoms with Crippen LogP contribution >= 0.6 is 0 Å². The Morgan fingerprint density at radius 2 is 2.07 bits per heavy atom. The van der Waals surface area contributed by atoms with E-state index in [1.807, 2.05) is 0 Å². The van der Waals surface area contributed by atoms with Gasteiger partial charge in [0.2, 0.25) is 0 Å². The molecule has 0 aromatic rings. The van der Waals surface area contributed by atoms with Gasteiger partial charge in [0.05, 0.1) is 5.92 Å². The number of hydrogen-bond donors (Lipinski definition) is 1. The van der Waals surface area contributed by atoms with Crippen LogP contribution in [-0.4, -0.2) is 18.8 Å². The second kappa shape index (κ2) is 5.41. The molecule has 4 heteroatoms. The molecule has 0 radical (unpaired) electrons. The molecule has 0 bridgehead atoms. The van der Waals surface area contributed by atoms with Crippen molar-refractivity contribution in [3.8, 4) is 12.3 Å². The fourth-order valence-corrected chi connectivity index (χ4v) is 2.02. The Bertz CT molecular complexity index is 229. The number of rotatable bonds is 3. The molecule has 0 aromatic heterocycles. The zero-order chi connectivity index (χ0) is 11.3. The molecule has 0 heterocycles. The van der Waals surface area contributed by atoms with E-state index in [2.05, 4.69) is 11.2 Å². The SMILES string of the molecule is C#CCCNC1CCCC(C(F)(F)F)C1. The van der Waals surface area contributed by atoms with Crippen LogP contribution in [0.15, 0.2) is 0 Å². The summed E-state index contributed by atoms with van der Waals surface area (Å²) in [7, 11) is 0. The van der Waals surface area contributed by atoms with E-state index in [1.54, 1.807) is 0 Å². The van der Waals surface area contributed by atoms with Crippen LogP contribution in [0.2, 0.25) is 0 Å². The van der Waals surface area contributed by atoms with Crippen molar-refractivity contribution in [3.63, 3.8) is 0 Å². The first-order valence-electron chi connectivity index (χ1n) is 5.27. The fraction of sp³-hybridized carbons (Fsp3) is 0.818. The van der Waals surface area contributed by atoms with Gasteiger partial charge in [0, 0.05) is 19.0 Å². The number of halogens is 3. The Balaban J connectivity index is 2.33. The lowest BCUT2D eigenvalue weighted by molar-refractivity contribution is -0.183. The number of nitrogens with one attached hydrogen (secondary N) is 1. The molecule has 1 saturated carbocycles. The van der Waals surface area contributed by atoms with Crippen LogP contribution in [0.3, 0.4) is 0 Å². The van der Waals surface area contributed by atoms with Crippen molar-refractivity contribution in [2.45, 2.75) is 44.3 Å². The first kappa shape index (κ1) is 12.4. The summed E-state index contributed by atoms with van der Waals surface area (Å²) < 4.78 is 37.3. The molecule has 1 rings (SSSR count). The largest absolute Gasteiger partial charge is 0.391 e. The first-order valence-corrected chi connectivity index (χ1v) is 5.27. The van der Waals surface area contributed by atoms with Gasteiger partial charge >= 0.3 is 6.18 Å². The van der Waals surface area contributed by atoms with Gasteiger partial charge in [-0.3, -0.25) is 0 Å². The third kappa shape index (κ3) is 4.13. The molecule has 0 aliphatic heterocycles. The van der Waals surface area contributed by atoms with E-state index < -0.39 is 12.1 Å². The van der Waals surface area contributed by atoms with Crippen LogP contribution in [0.1, 0.15) is 32.1 Å². The molecule has 0 aromatic carbocycles. The van der Waals surface area contributed by atoms with E-state index in [0.29, 0.717) is 19.4 Å². The molecule has 2 unspecified atom stereocenters. The lowest BCUT2D eigenvalue weighted by Gasteiger charge is -2.31. The highest BCUT2D eigenvalue weighted by Crippen LogP contribution is 2.37. The first-order chi connectivity index (χ1) is 7.04. The highest BCUT2D eigenvalue weighted by atomic mass is 19.4. The average molecular weight is 219 g/mol. The molecule has 0 saturated heterocycles. The van der Waals surface area contributed by atoms with Crippen LogP contribution in [0.5, 0.6) is 0 Å². The van der Waals surface area contributed by atoms with Crippen LogP contribution in [0, 0.1) is 18.3 Å². The van der Waals surface area contributed by atoms with Gasteiger partial charge in [-0.2, -0.15) is 13.2 Å². The highest BCUT2D eigenvalue weighted by Gasteiger charge is 2.41. The summed E-state index contributed by atoms with van der Waals surface area (Å²) in [5.41, 5.74) is 0. The van der Waals surface area contributed by atoms with Crippen molar-refractivity contribution in [2.24, 2.45) is 5.92 Å². The van der Waals surface area contributed by atoms with E-state index in [9.17, 15) is 13.2 Å². The zero-order valence-electron chi connectivity index (χ0n) is 8.61. The molecule has 1 fully saturated rings. The van der Waals surface area contributed by atoms with E-state index in [4.69, 9.17) is 6.42 Å². The molecule has 86 valence electrons. The Kier molecular flexibility index (Phi) is 4.46. The monoisotopic (exact) mass is 219 g/mol. The molecule has 2 atom stereocenters. The van der Waals surface area contributed by atoms with E-state index in [0.717, 1.165) is 6.42 Å². The molecular weight excluding hydrogens is 203 g/mol.